The Morgan fingerprint density at radius 2 is 1.91 bits per heavy atom. The Bertz CT molecular complexity index is 979. The summed E-state index contributed by atoms with van der Waals surface area (Å²) in [7, 11) is 1.17. The summed E-state index contributed by atoms with van der Waals surface area (Å²) in [5.41, 5.74) is -2.15. The molecule has 178 valence electrons. The normalized spacial score (nSPS) is 30.6. The van der Waals surface area contributed by atoms with Crippen molar-refractivity contribution in [3.63, 3.8) is 0 Å². The molecule has 1 saturated carbocycles. The van der Waals surface area contributed by atoms with Gasteiger partial charge in [-0.15, -0.1) is 0 Å². The molecule has 0 saturated heterocycles. The minimum Gasteiger partial charge on any atom is -0.478 e. The zero-order chi connectivity index (χ0) is 24.4. The number of aliphatic hydroxyl groups is 3. The molecule has 0 spiro atoms. The van der Waals surface area contributed by atoms with Crippen molar-refractivity contribution in [1.29, 1.82) is 0 Å². The van der Waals surface area contributed by atoms with E-state index in [1.807, 2.05) is 30.3 Å². The predicted molar refractivity (Wildman–Crippen MR) is 116 cm³/mol. The van der Waals surface area contributed by atoms with Crippen molar-refractivity contribution >= 4 is 11.9 Å². The molecule has 1 fully saturated rings. The van der Waals surface area contributed by atoms with Crippen LogP contribution in [0.4, 0.5) is 0 Å². The van der Waals surface area contributed by atoms with Crippen LogP contribution in [0.15, 0.2) is 42.2 Å². The van der Waals surface area contributed by atoms with Gasteiger partial charge >= 0.3 is 5.97 Å². The number of benzene rings is 1. The van der Waals surface area contributed by atoms with Crippen LogP contribution in [-0.4, -0.2) is 77.0 Å². The largest absolute Gasteiger partial charge is 0.478 e. The summed E-state index contributed by atoms with van der Waals surface area (Å²) in [4.78, 5) is 24.1. The van der Waals surface area contributed by atoms with Gasteiger partial charge in [0.2, 0.25) is 11.7 Å². The van der Waals surface area contributed by atoms with Crippen molar-refractivity contribution < 1.29 is 39.1 Å². The summed E-state index contributed by atoms with van der Waals surface area (Å²) >= 11 is 0. The van der Waals surface area contributed by atoms with Crippen molar-refractivity contribution in [3.8, 4) is 11.8 Å². The molecule has 0 aromatic heterocycles. The van der Waals surface area contributed by atoms with Crippen molar-refractivity contribution in [2.45, 2.75) is 56.8 Å². The van der Waals surface area contributed by atoms with Gasteiger partial charge in [-0.2, -0.15) is 0 Å². The van der Waals surface area contributed by atoms with Gasteiger partial charge < -0.3 is 34.8 Å². The lowest BCUT2D eigenvalue weighted by molar-refractivity contribution is -0.158. The van der Waals surface area contributed by atoms with E-state index in [4.69, 9.17) is 14.2 Å². The molecule has 1 heterocycles. The standard InChI is InChI=1S/C24H29NO8/c1-14(26)25-18-16(32-12-8-11-15-9-6-5-7-10-15)13-17(21(28)31-4)33-19(18)20(27)24(30)22(29)23(24,2)3/h5-7,9-10,13,16,18-20,22,27,29-30H,12H2,1-4H3,(H,25,26)/t16-,18+,19+,20-,22?,24-/m0/s1. The fraction of sp³-hybridized carbons (Fsp3) is 0.500. The summed E-state index contributed by atoms with van der Waals surface area (Å²) in [6.07, 6.45) is -3.82. The van der Waals surface area contributed by atoms with Gasteiger partial charge in [-0.25, -0.2) is 4.79 Å². The van der Waals surface area contributed by atoms with Crippen molar-refractivity contribution in [3.05, 3.63) is 47.7 Å². The second-order valence-electron chi connectivity index (χ2n) is 8.67. The van der Waals surface area contributed by atoms with Crippen LogP contribution < -0.4 is 5.32 Å². The Kier molecular flexibility index (Phi) is 7.14. The van der Waals surface area contributed by atoms with Crippen LogP contribution in [0.25, 0.3) is 0 Å². The quantitative estimate of drug-likeness (QED) is 0.342. The Morgan fingerprint density at radius 1 is 1.27 bits per heavy atom. The fourth-order valence-electron chi connectivity index (χ4n) is 4.06. The van der Waals surface area contributed by atoms with Crippen molar-refractivity contribution in [2.75, 3.05) is 13.7 Å². The van der Waals surface area contributed by atoms with E-state index in [0.29, 0.717) is 0 Å². The number of rotatable bonds is 6. The monoisotopic (exact) mass is 459 g/mol. The molecule has 9 nitrogen and oxygen atoms in total. The van der Waals surface area contributed by atoms with Gasteiger partial charge in [0.15, 0.2) is 6.10 Å². The van der Waals surface area contributed by atoms with E-state index in [2.05, 4.69) is 17.2 Å². The molecule has 9 heteroatoms. The van der Waals surface area contributed by atoms with Gasteiger partial charge in [0.1, 0.15) is 24.4 Å². The Morgan fingerprint density at radius 3 is 2.45 bits per heavy atom. The Labute approximate surface area is 192 Å². The third-order valence-corrected chi connectivity index (χ3v) is 6.21. The second-order valence-corrected chi connectivity index (χ2v) is 8.67. The molecule has 1 aliphatic carbocycles. The van der Waals surface area contributed by atoms with Gasteiger partial charge in [0.05, 0.1) is 19.3 Å². The minimum atomic E-state index is -1.91. The zero-order valence-electron chi connectivity index (χ0n) is 18.9. The van der Waals surface area contributed by atoms with E-state index in [1.54, 1.807) is 13.8 Å². The third-order valence-electron chi connectivity index (χ3n) is 6.21. The molecule has 1 aromatic carbocycles. The van der Waals surface area contributed by atoms with Gasteiger partial charge in [-0.1, -0.05) is 43.9 Å². The van der Waals surface area contributed by atoms with Gasteiger partial charge in [0.25, 0.3) is 0 Å². The van der Waals surface area contributed by atoms with E-state index in [9.17, 15) is 24.9 Å². The number of hydrogen-bond donors (Lipinski definition) is 4. The highest BCUT2D eigenvalue weighted by Gasteiger charge is 2.76. The number of nitrogens with one attached hydrogen (secondary N) is 1. The lowest BCUT2D eigenvalue weighted by Gasteiger charge is -2.40. The fourth-order valence-corrected chi connectivity index (χ4v) is 4.06. The number of esters is 1. The van der Waals surface area contributed by atoms with E-state index < -0.39 is 53.4 Å². The van der Waals surface area contributed by atoms with Crippen LogP contribution >= 0.6 is 0 Å². The summed E-state index contributed by atoms with van der Waals surface area (Å²) in [6.45, 7) is 4.39. The number of carbonyl (C=O) groups excluding carboxylic acids is 2. The molecule has 4 N–H and O–H groups in total. The molecule has 1 aliphatic heterocycles. The first-order valence-corrected chi connectivity index (χ1v) is 10.5. The van der Waals surface area contributed by atoms with E-state index in [1.165, 1.54) is 20.1 Å². The first-order valence-electron chi connectivity index (χ1n) is 10.5. The van der Waals surface area contributed by atoms with E-state index >= 15 is 0 Å². The predicted octanol–water partition coefficient (Wildman–Crippen LogP) is -0.124. The Hall–Kier alpha value is -2.90. The third kappa shape index (κ3) is 4.75. The molecule has 6 atom stereocenters. The molecule has 0 bridgehead atoms. The van der Waals surface area contributed by atoms with Crippen LogP contribution in [0.2, 0.25) is 0 Å². The number of hydrogen-bond acceptors (Lipinski definition) is 8. The number of methoxy groups -OCH3 is 1. The highest BCUT2D eigenvalue weighted by Crippen LogP contribution is 2.58. The first-order chi connectivity index (χ1) is 15.5. The molecule has 2 aliphatic rings. The lowest BCUT2D eigenvalue weighted by Crippen LogP contribution is -2.61. The lowest BCUT2D eigenvalue weighted by atomic mass is 9.89. The van der Waals surface area contributed by atoms with E-state index in [-0.39, 0.29) is 12.4 Å². The molecular formula is C24H29NO8. The van der Waals surface area contributed by atoms with Crippen molar-refractivity contribution in [2.24, 2.45) is 5.41 Å². The summed E-state index contributed by atoms with van der Waals surface area (Å²) in [6, 6.07) is 8.27. The second kappa shape index (κ2) is 9.53. The SMILES string of the molecule is COC(=O)C1=C[C@H](OCC#Cc2ccccc2)[C@@H](NC(C)=O)[C@H]([C@H](O)[C@]2(O)C(O)C2(C)C)O1. The van der Waals surface area contributed by atoms with Crippen molar-refractivity contribution in [1.82, 2.24) is 5.32 Å². The molecule has 0 radical (unpaired) electrons. The first kappa shape index (κ1) is 24.7. The average Bonchev–Trinajstić information content (AvgIpc) is 3.20. The highest BCUT2D eigenvalue weighted by atomic mass is 16.6. The molecule has 1 aromatic rings. The van der Waals surface area contributed by atoms with Crippen LogP contribution in [-0.2, 0) is 23.8 Å². The topological polar surface area (TPSA) is 135 Å². The number of ether oxygens (including phenoxy) is 3. The van der Waals surface area contributed by atoms with E-state index in [0.717, 1.165) is 5.56 Å². The molecule has 3 rings (SSSR count). The van der Waals surface area contributed by atoms with Crippen LogP contribution in [0.1, 0.15) is 26.3 Å². The minimum absolute atomic E-state index is 0.0538. The molecule has 1 unspecified atom stereocenters. The smallest absolute Gasteiger partial charge is 0.373 e. The Balaban J connectivity index is 1.88. The number of aliphatic hydroxyl groups excluding tert-OH is 2. The van der Waals surface area contributed by atoms with Crippen LogP contribution in [0.5, 0.6) is 0 Å². The van der Waals surface area contributed by atoms with Gasteiger partial charge in [-0.05, 0) is 18.2 Å². The highest BCUT2D eigenvalue weighted by molar-refractivity contribution is 5.86. The van der Waals surface area contributed by atoms with Gasteiger partial charge in [0, 0.05) is 17.9 Å². The van der Waals surface area contributed by atoms with Crippen LogP contribution in [0.3, 0.4) is 0 Å². The zero-order valence-corrected chi connectivity index (χ0v) is 18.9. The maximum atomic E-state index is 12.2. The summed E-state index contributed by atoms with van der Waals surface area (Å²) in [5, 5.41) is 34.8. The number of carbonyl (C=O) groups is 2. The molecular weight excluding hydrogens is 430 g/mol. The number of amides is 1. The summed E-state index contributed by atoms with van der Waals surface area (Å²) < 4.78 is 16.2. The maximum Gasteiger partial charge on any atom is 0.373 e. The average molecular weight is 459 g/mol. The van der Waals surface area contributed by atoms with Crippen LogP contribution in [0, 0.1) is 17.3 Å². The van der Waals surface area contributed by atoms with Gasteiger partial charge in [-0.3, -0.25) is 4.79 Å². The summed E-state index contributed by atoms with van der Waals surface area (Å²) in [5.74, 6) is 4.29. The molecule has 33 heavy (non-hydrogen) atoms. The maximum absolute atomic E-state index is 12.2. The molecule has 1 amide bonds.